The highest BCUT2D eigenvalue weighted by atomic mass is 32.2. The number of hydrogen-bond acceptors (Lipinski definition) is 5. The summed E-state index contributed by atoms with van der Waals surface area (Å²) in [6.07, 6.45) is 5.54. The molecule has 0 radical (unpaired) electrons. The molecule has 1 N–H and O–H groups in total. The minimum absolute atomic E-state index is 0.171. The number of aromatic amines is 1. The van der Waals surface area contributed by atoms with Crippen LogP contribution in [0.2, 0.25) is 0 Å². The lowest BCUT2D eigenvalue weighted by Gasteiger charge is -2.12. The van der Waals surface area contributed by atoms with Crippen LogP contribution in [0.15, 0.2) is 60.1 Å². The highest BCUT2D eigenvalue weighted by Crippen LogP contribution is 2.31. The average molecular weight is 382 g/mol. The lowest BCUT2D eigenvalue weighted by atomic mass is 10.3. The molecule has 0 fully saturated rings. The molecule has 3 aromatic heterocycles. The fraction of sp³-hybridized carbons (Fsp3) is 0.158. The molecule has 1 aromatic carbocycles. The number of nitrogens with zero attached hydrogens (tertiary/aromatic N) is 3. The van der Waals surface area contributed by atoms with Gasteiger partial charge >= 0.3 is 5.16 Å². The van der Waals surface area contributed by atoms with Crippen molar-refractivity contribution in [3.63, 3.8) is 0 Å². The van der Waals surface area contributed by atoms with E-state index in [0.717, 1.165) is 16.7 Å². The van der Waals surface area contributed by atoms with Gasteiger partial charge in [-0.25, -0.2) is 0 Å². The summed E-state index contributed by atoms with van der Waals surface area (Å²) in [7, 11) is 3.09. The Morgan fingerprint density at radius 2 is 1.96 bits per heavy atom. The molecule has 7 nitrogen and oxygen atoms in total. The third-order valence-electron chi connectivity index (χ3n) is 4.20. The Hall–Kier alpha value is -2.97. The highest BCUT2D eigenvalue weighted by molar-refractivity contribution is 7.90. The predicted molar refractivity (Wildman–Crippen MR) is 103 cm³/mol. The molecular weight excluding hydrogens is 364 g/mol. The zero-order valence-corrected chi connectivity index (χ0v) is 15.7. The van der Waals surface area contributed by atoms with Crippen molar-refractivity contribution in [2.45, 2.75) is 10.9 Å². The summed E-state index contributed by atoms with van der Waals surface area (Å²) in [6, 6.07) is 11.5. The van der Waals surface area contributed by atoms with Crippen LogP contribution in [0.3, 0.4) is 0 Å². The highest BCUT2D eigenvalue weighted by Gasteiger charge is 2.22. The van der Waals surface area contributed by atoms with Gasteiger partial charge in [-0.05, 0) is 30.3 Å². The first-order valence-electron chi connectivity index (χ1n) is 8.27. The first-order chi connectivity index (χ1) is 13.2. The Kier molecular flexibility index (Phi) is 4.74. The van der Waals surface area contributed by atoms with Crippen molar-refractivity contribution in [3.8, 4) is 17.2 Å². The fourth-order valence-electron chi connectivity index (χ4n) is 2.89. The molecule has 0 amide bonds. The van der Waals surface area contributed by atoms with E-state index in [1.54, 1.807) is 19.4 Å². The van der Waals surface area contributed by atoms with E-state index < -0.39 is 11.2 Å². The van der Waals surface area contributed by atoms with Crippen LogP contribution < -0.4 is 9.47 Å². The summed E-state index contributed by atoms with van der Waals surface area (Å²) in [6.45, 7) is 0. The van der Waals surface area contributed by atoms with E-state index in [4.69, 9.17) is 9.47 Å². The van der Waals surface area contributed by atoms with Gasteiger partial charge in [0.25, 0.3) is 0 Å². The van der Waals surface area contributed by atoms with Crippen molar-refractivity contribution in [1.29, 1.82) is 0 Å². The predicted octanol–water partition coefficient (Wildman–Crippen LogP) is 3.07. The quantitative estimate of drug-likeness (QED) is 0.518. The SMILES string of the molecule is COc1ccnc(C[S@+]([O-])c2nc3cc(-n4cccc4)ccc3[nH]2)c1OC. The van der Waals surface area contributed by atoms with E-state index >= 15 is 0 Å². The Morgan fingerprint density at radius 1 is 1.15 bits per heavy atom. The smallest absolute Gasteiger partial charge is 0.322 e. The number of aromatic nitrogens is 4. The Balaban J connectivity index is 1.62. The number of hydrogen-bond donors (Lipinski definition) is 1. The number of methoxy groups -OCH3 is 2. The topological polar surface area (TPSA) is 88.0 Å². The number of H-pyrrole nitrogens is 1. The van der Waals surface area contributed by atoms with Gasteiger partial charge in [0.05, 0.1) is 25.3 Å². The van der Waals surface area contributed by atoms with Gasteiger partial charge in [0, 0.05) is 41.5 Å². The molecule has 0 saturated carbocycles. The molecule has 8 heteroatoms. The van der Waals surface area contributed by atoms with E-state index in [9.17, 15) is 4.55 Å². The van der Waals surface area contributed by atoms with Crippen LogP contribution in [0.1, 0.15) is 5.69 Å². The number of fused-ring (bicyclic) bond motifs is 1. The Morgan fingerprint density at radius 3 is 2.70 bits per heavy atom. The summed E-state index contributed by atoms with van der Waals surface area (Å²) < 4.78 is 25.5. The van der Waals surface area contributed by atoms with Crippen molar-refractivity contribution in [2.24, 2.45) is 0 Å². The van der Waals surface area contributed by atoms with E-state index in [0.29, 0.717) is 22.3 Å². The summed E-state index contributed by atoms with van der Waals surface area (Å²) in [4.78, 5) is 11.9. The minimum atomic E-state index is -1.40. The van der Waals surface area contributed by atoms with E-state index in [1.165, 1.54) is 7.11 Å². The zero-order chi connectivity index (χ0) is 18.8. The molecule has 0 unspecified atom stereocenters. The summed E-state index contributed by atoms with van der Waals surface area (Å²) >= 11 is -1.40. The van der Waals surface area contributed by atoms with Crippen LogP contribution in [0.25, 0.3) is 16.7 Å². The third kappa shape index (κ3) is 3.36. The lowest BCUT2D eigenvalue weighted by Crippen LogP contribution is -2.10. The fourth-order valence-corrected chi connectivity index (χ4v) is 3.91. The standard InChI is InChI=1S/C19H18N4O3S/c1-25-17-7-8-20-16(18(17)26-2)12-27(24)19-21-14-6-5-13(11-15(14)22-19)23-9-3-4-10-23/h3-11H,12H2,1-2H3,(H,21,22)/t27-/m0/s1. The van der Waals surface area contributed by atoms with Crippen LogP contribution in [-0.2, 0) is 16.9 Å². The Labute approximate surface area is 159 Å². The number of rotatable bonds is 6. The minimum Gasteiger partial charge on any atom is -0.609 e. The summed E-state index contributed by atoms with van der Waals surface area (Å²) in [5.41, 5.74) is 3.14. The maximum Gasteiger partial charge on any atom is 0.322 e. The van der Waals surface area contributed by atoms with Gasteiger partial charge in [-0.2, -0.15) is 4.98 Å². The molecule has 4 rings (SSSR count). The Bertz CT molecular complexity index is 1060. The molecule has 27 heavy (non-hydrogen) atoms. The molecule has 0 aliphatic rings. The molecule has 0 bridgehead atoms. The van der Waals surface area contributed by atoms with Crippen LogP contribution >= 0.6 is 0 Å². The normalized spacial score (nSPS) is 12.3. The van der Waals surface area contributed by atoms with Crippen molar-refractivity contribution < 1.29 is 14.0 Å². The molecule has 1 atom stereocenters. The maximum atomic E-state index is 12.8. The number of pyridine rings is 1. The van der Waals surface area contributed by atoms with Crippen LogP contribution in [0.4, 0.5) is 0 Å². The van der Waals surface area contributed by atoms with Crippen LogP contribution in [0.5, 0.6) is 11.5 Å². The van der Waals surface area contributed by atoms with Crippen molar-refractivity contribution in [3.05, 3.63) is 60.7 Å². The second-order valence-corrected chi connectivity index (χ2v) is 7.18. The van der Waals surface area contributed by atoms with E-state index in [-0.39, 0.29) is 5.75 Å². The second-order valence-electron chi connectivity index (χ2n) is 5.82. The average Bonchev–Trinajstić information content (AvgIpc) is 3.36. The summed E-state index contributed by atoms with van der Waals surface area (Å²) in [5, 5.41) is 0.404. The number of imidazole rings is 1. The van der Waals surface area contributed by atoms with Crippen molar-refractivity contribution >= 4 is 22.2 Å². The lowest BCUT2D eigenvalue weighted by molar-refractivity contribution is 0.350. The van der Waals surface area contributed by atoms with Gasteiger partial charge in [0.1, 0.15) is 5.69 Å². The van der Waals surface area contributed by atoms with Crippen molar-refractivity contribution in [1.82, 2.24) is 19.5 Å². The molecular formula is C19H18N4O3S. The molecule has 0 saturated heterocycles. The van der Waals surface area contributed by atoms with Gasteiger partial charge in [0.15, 0.2) is 17.3 Å². The van der Waals surface area contributed by atoms with Gasteiger partial charge in [0.2, 0.25) is 0 Å². The number of ether oxygens (including phenoxy) is 2. The van der Waals surface area contributed by atoms with Crippen LogP contribution in [0, 0.1) is 0 Å². The van der Waals surface area contributed by atoms with Gasteiger partial charge < -0.3 is 18.6 Å². The number of nitrogens with one attached hydrogen (secondary N) is 1. The van der Waals surface area contributed by atoms with Gasteiger partial charge in [-0.1, -0.05) is 0 Å². The first-order valence-corrected chi connectivity index (χ1v) is 9.59. The molecule has 0 aliphatic carbocycles. The third-order valence-corrected chi connectivity index (χ3v) is 5.36. The second kappa shape index (κ2) is 7.34. The summed E-state index contributed by atoms with van der Waals surface area (Å²) in [5.74, 6) is 1.21. The molecule has 3 heterocycles. The van der Waals surface area contributed by atoms with Gasteiger partial charge in [-0.3, -0.25) is 9.97 Å². The molecule has 4 aromatic rings. The molecule has 0 aliphatic heterocycles. The molecule has 138 valence electrons. The maximum absolute atomic E-state index is 12.8. The molecule has 0 spiro atoms. The van der Waals surface area contributed by atoms with E-state index in [1.807, 2.05) is 47.3 Å². The first kappa shape index (κ1) is 17.4. The number of benzene rings is 1. The monoisotopic (exact) mass is 382 g/mol. The van der Waals surface area contributed by atoms with Gasteiger partial charge in [-0.15, -0.1) is 0 Å². The van der Waals surface area contributed by atoms with E-state index in [2.05, 4.69) is 15.0 Å². The largest absolute Gasteiger partial charge is 0.609 e. The van der Waals surface area contributed by atoms with Crippen LogP contribution in [-0.4, -0.2) is 38.3 Å². The zero-order valence-electron chi connectivity index (χ0n) is 14.9. The van der Waals surface area contributed by atoms with Crippen molar-refractivity contribution in [2.75, 3.05) is 14.2 Å².